The molecule has 0 fully saturated rings. The molecule has 3 rings (SSSR count). The summed E-state index contributed by atoms with van der Waals surface area (Å²) in [5.41, 5.74) is 1.56. The highest BCUT2D eigenvalue weighted by Crippen LogP contribution is 2.32. The van der Waals surface area contributed by atoms with Crippen LogP contribution in [0.3, 0.4) is 0 Å². The van der Waals surface area contributed by atoms with Gasteiger partial charge < -0.3 is 9.64 Å². The van der Waals surface area contributed by atoms with Gasteiger partial charge in [0.05, 0.1) is 22.9 Å². The topological polar surface area (TPSA) is 45.7 Å². The van der Waals surface area contributed by atoms with Gasteiger partial charge in [0.15, 0.2) is 5.13 Å². The molecule has 0 aliphatic rings. The summed E-state index contributed by atoms with van der Waals surface area (Å²) in [5.74, 6) is 0.756. The van der Waals surface area contributed by atoms with E-state index in [1.165, 1.54) is 11.3 Å². The van der Waals surface area contributed by atoms with E-state index in [0.29, 0.717) is 12.1 Å². The molecule has 28 heavy (non-hydrogen) atoms. The van der Waals surface area contributed by atoms with Crippen molar-refractivity contribution in [2.24, 2.45) is 0 Å². The van der Waals surface area contributed by atoms with Crippen LogP contribution in [0, 0.1) is 3.57 Å². The van der Waals surface area contributed by atoms with Gasteiger partial charge in [0.25, 0.3) is 5.91 Å². The van der Waals surface area contributed by atoms with E-state index in [1.54, 1.807) is 7.11 Å². The number of nitrogens with zero attached hydrogens (tertiary/aromatic N) is 3. The van der Waals surface area contributed by atoms with Crippen molar-refractivity contribution in [3.63, 3.8) is 0 Å². The predicted octanol–water partition coefficient (Wildman–Crippen LogP) is 4.90. The normalized spacial score (nSPS) is 11.2. The Morgan fingerprint density at radius 1 is 1.14 bits per heavy atom. The summed E-state index contributed by atoms with van der Waals surface area (Å²) in [7, 11) is 1.64. The molecular weight excluding hydrogens is 485 g/mol. The summed E-state index contributed by atoms with van der Waals surface area (Å²) in [6.07, 6.45) is 0. The van der Waals surface area contributed by atoms with Gasteiger partial charge in [-0.05, 0) is 59.9 Å². The van der Waals surface area contributed by atoms with E-state index in [0.717, 1.165) is 44.3 Å². The van der Waals surface area contributed by atoms with E-state index in [1.807, 2.05) is 47.4 Å². The number of halogens is 1. The lowest BCUT2D eigenvalue weighted by Gasteiger charge is -2.25. The number of hydrogen-bond donors (Lipinski definition) is 0. The lowest BCUT2D eigenvalue weighted by atomic mass is 10.2. The number of amides is 1. The molecule has 0 radical (unpaired) electrons. The Hall–Kier alpha value is -1.71. The first-order valence-corrected chi connectivity index (χ1v) is 11.2. The minimum absolute atomic E-state index is 0.0109. The fraction of sp³-hybridized carbons (Fsp3) is 0.333. The third-order valence-corrected chi connectivity index (χ3v) is 6.70. The SMILES string of the molecule is CCN(CC)CCN(C(=O)c1ccccc1I)c1nc2cc(OC)ccc2s1. The molecule has 0 atom stereocenters. The number of ether oxygens (including phenoxy) is 1. The van der Waals surface area contributed by atoms with Gasteiger partial charge in [-0.1, -0.05) is 37.3 Å². The molecular formula is C21H24IN3O2S. The highest BCUT2D eigenvalue weighted by Gasteiger charge is 2.23. The minimum atomic E-state index is -0.0109. The Morgan fingerprint density at radius 2 is 1.89 bits per heavy atom. The number of thiazole rings is 1. The van der Waals surface area contributed by atoms with E-state index < -0.39 is 0 Å². The van der Waals surface area contributed by atoms with Crippen LogP contribution in [0.1, 0.15) is 24.2 Å². The molecule has 1 heterocycles. The molecule has 3 aromatic rings. The van der Waals surface area contributed by atoms with E-state index in [2.05, 4.69) is 41.3 Å². The number of rotatable bonds is 8. The third-order valence-electron chi connectivity index (χ3n) is 4.70. The Bertz CT molecular complexity index is 956. The zero-order valence-electron chi connectivity index (χ0n) is 16.3. The Morgan fingerprint density at radius 3 is 2.57 bits per heavy atom. The molecule has 5 nitrogen and oxygen atoms in total. The van der Waals surface area contributed by atoms with Crippen LogP contribution >= 0.6 is 33.9 Å². The number of methoxy groups -OCH3 is 1. The lowest BCUT2D eigenvalue weighted by molar-refractivity contribution is 0.0983. The molecule has 148 valence electrons. The van der Waals surface area contributed by atoms with E-state index in [4.69, 9.17) is 9.72 Å². The molecule has 1 amide bonds. The third kappa shape index (κ3) is 4.64. The fourth-order valence-corrected chi connectivity index (χ4v) is 4.57. The summed E-state index contributed by atoms with van der Waals surface area (Å²) in [4.78, 5) is 22.3. The summed E-state index contributed by atoms with van der Waals surface area (Å²) < 4.78 is 7.30. The molecule has 0 saturated heterocycles. The number of carbonyl (C=O) groups excluding carboxylic acids is 1. The van der Waals surface area contributed by atoms with Crippen molar-refractivity contribution < 1.29 is 9.53 Å². The molecule has 2 aromatic carbocycles. The van der Waals surface area contributed by atoms with Crippen LogP contribution < -0.4 is 9.64 Å². The van der Waals surface area contributed by atoms with Gasteiger partial charge in [0, 0.05) is 22.7 Å². The van der Waals surface area contributed by atoms with Crippen LogP contribution in [0.4, 0.5) is 5.13 Å². The lowest BCUT2D eigenvalue weighted by Crippen LogP contribution is -2.39. The Kier molecular flexibility index (Phi) is 7.25. The highest BCUT2D eigenvalue weighted by molar-refractivity contribution is 14.1. The molecule has 0 aliphatic heterocycles. The smallest absolute Gasteiger partial charge is 0.261 e. The minimum Gasteiger partial charge on any atom is -0.497 e. The van der Waals surface area contributed by atoms with Crippen molar-refractivity contribution in [1.82, 2.24) is 9.88 Å². The summed E-state index contributed by atoms with van der Waals surface area (Å²) in [6, 6.07) is 13.5. The average Bonchev–Trinajstić information content (AvgIpc) is 3.14. The molecule has 0 spiro atoms. The second-order valence-electron chi connectivity index (χ2n) is 6.29. The van der Waals surface area contributed by atoms with Crippen LogP contribution in [0.2, 0.25) is 0 Å². The van der Waals surface area contributed by atoms with E-state index in [9.17, 15) is 4.79 Å². The monoisotopic (exact) mass is 509 g/mol. The predicted molar refractivity (Wildman–Crippen MR) is 125 cm³/mol. The molecule has 0 N–H and O–H groups in total. The summed E-state index contributed by atoms with van der Waals surface area (Å²) in [6.45, 7) is 7.60. The summed E-state index contributed by atoms with van der Waals surface area (Å²) >= 11 is 3.75. The first-order valence-electron chi connectivity index (χ1n) is 9.30. The number of likely N-dealkylation sites (N-methyl/N-ethyl adjacent to an activating group) is 1. The second kappa shape index (κ2) is 9.67. The van der Waals surface area contributed by atoms with Crippen molar-refractivity contribution in [3.8, 4) is 5.75 Å². The largest absolute Gasteiger partial charge is 0.497 e. The summed E-state index contributed by atoms with van der Waals surface area (Å²) in [5, 5.41) is 0.722. The van der Waals surface area contributed by atoms with Crippen molar-refractivity contribution in [1.29, 1.82) is 0 Å². The molecule has 0 unspecified atom stereocenters. The average molecular weight is 509 g/mol. The molecule has 0 aliphatic carbocycles. The number of carbonyl (C=O) groups is 1. The van der Waals surface area contributed by atoms with Crippen molar-refractivity contribution in [2.75, 3.05) is 38.2 Å². The van der Waals surface area contributed by atoms with Gasteiger partial charge in [-0.25, -0.2) is 4.98 Å². The highest BCUT2D eigenvalue weighted by atomic mass is 127. The number of aromatic nitrogens is 1. The van der Waals surface area contributed by atoms with E-state index in [-0.39, 0.29) is 5.91 Å². The van der Waals surface area contributed by atoms with Gasteiger partial charge in [-0.3, -0.25) is 9.69 Å². The van der Waals surface area contributed by atoms with E-state index >= 15 is 0 Å². The standard InChI is InChI=1S/C21H24IN3O2S/c1-4-24(5-2)12-13-25(20(26)16-8-6-7-9-17(16)22)21-23-18-14-15(27-3)10-11-19(18)28-21/h6-11,14H,4-5,12-13H2,1-3H3. The number of anilines is 1. The Labute approximate surface area is 183 Å². The maximum Gasteiger partial charge on any atom is 0.261 e. The quantitative estimate of drug-likeness (QED) is 0.406. The first-order chi connectivity index (χ1) is 13.6. The second-order valence-corrected chi connectivity index (χ2v) is 8.46. The van der Waals surface area contributed by atoms with Crippen LogP contribution in [0.25, 0.3) is 10.2 Å². The molecule has 1 aromatic heterocycles. The van der Waals surface area contributed by atoms with Crippen LogP contribution in [0.15, 0.2) is 42.5 Å². The van der Waals surface area contributed by atoms with Crippen molar-refractivity contribution >= 4 is 55.2 Å². The fourth-order valence-electron chi connectivity index (χ4n) is 2.98. The zero-order valence-corrected chi connectivity index (χ0v) is 19.3. The zero-order chi connectivity index (χ0) is 20.1. The van der Waals surface area contributed by atoms with Gasteiger partial charge in [0.1, 0.15) is 5.75 Å². The van der Waals surface area contributed by atoms with Gasteiger partial charge in [-0.15, -0.1) is 0 Å². The van der Waals surface area contributed by atoms with Gasteiger partial charge >= 0.3 is 0 Å². The first kappa shape index (κ1) is 21.0. The Balaban J connectivity index is 1.97. The maximum absolute atomic E-state index is 13.4. The van der Waals surface area contributed by atoms with Gasteiger partial charge in [-0.2, -0.15) is 0 Å². The van der Waals surface area contributed by atoms with Crippen molar-refractivity contribution in [2.45, 2.75) is 13.8 Å². The molecule has 7 heteroatoms. The number of benzene rings is 2. The molecule has 0 bridgehead atoms. The molecule has 0 saturated carbocycles. The van der Waals surface area contributed by atoms with Crippen LogP contribution in [-0.4, -0.2) is 49.1 Å². The maximum atomic E-state index is 13.4. The van der Waals surface area contributed by atoms with Gasteiger partial charge in [0.2, 0.25) is 0 Å². The van der Waals surface area contributed by atoms with Crippen LogP contribution in [-0.2, 0) is 0 Å². The number of fused-ring (bicyclic) bond motifs is 1. The van der Waals surface area contributed by atoms with Crippen molar-refractivity contribution in [3.05, 3.63) is 51.6 Å². The number of hydrogen-bond acceptors (Lipinski definition) is 5. The van der Waals surface area contributed by atoms with Crippen LogP contribution in [0.5, 0.6) is 5.75 Å².